The van der Waals surface area contributed by atoms with E-state index >= 15 is 0 Å². The quantitative estimate of drug-likeness (QED) is 0.450. The van der Waals surface area contributed by atoms with Crippen LogP contribution < -0.4 is 16.6 Å². The van der Waals surface area contributed by atoms with E-state index in [1.54, 1.807) is 0 Å². The van der Waals surface area contributed by atoms with Gasteiger partial charge in [0, 0.05) is 12.1 Å². The maximum Gasteiger partial charge on any atom is 0.276 e. The molecule has 6 nitrogen and oxygen atoms in total. The third-order valence-electron chi connectivity index (χ3n) is 2.29. The minimum absolute atomic E-state index is 0.173. The fraction of sp³-hybridized carbons (Fsp3) is 0. The Labute approximate surface area is 110 Å². The van der Waals surface area contributed by atoms with Gasteiger partial charge >= 0.3 is 0 Å². The molecule has 0 radical (unpaired) electrons. The number of nitrogens with zero attached hydrogens (tertiary/aromatic N) is 2. The smallest absolute Gasteiger partial charge is 0.276 e. The number of hydrogen-bond acceptors (Lipinski definition) is 5. The lowest BCUT2D eigenvalue weighted by atomic mass is 10.2. The Morgan fingerprint density at radius 2 is 1.90 bits per heavy atom. The van der Waals surface area contributed by atoms with Gasteiger partial charge in [-0.3, -0.25) is 4.79 Å². The van der Waals surface area contributed by atoms with Crippen LogP contribution in [-0.2, 0) is 0 Å². The average molecular weight is 283 g/mol. The molecule has 0 spiro atoms. The van der Waals surface area contributed by atoms with Crippen LogP contribution >= 0.6 is 0 Å². The highest BCUT2D eigenvalue weighted by atomic mass is 19.2. The molecule has 2 rings (SSSR count). The monoisotopic (exact) mass is 283 g/mol. The normalized spacial score (nSPS) is 10.2. The van der Waals surface area contributed by atoms with E-state index in [0.29, 0.717) is 12.1 Å². The summed E-state index contributed by atoms with van der Waals surface area (Å²) in [5, 5.41) is 9.03. The number of benzene rings is 1. The average Bonchev–Trinajstić information content (AvgIpc) is 2.44. The standard InChI is InChI=1S/C11H8F3N5O/c12-5-3-6(13)10(14)8(4-5)16-11(20)7-1-2-9(17-15)19-18-7/h1-4H,15H2,(H,16,20)(H,17,19). The highest BCUT2D eigenvalue weighted by Gasteiger charge is 2.15. The maximum absolute atomic E-state index is 13.4. The maximum atomic E-state index is 13.4. The molecule has 1 heterocycles. The third kappa shape index (κ3) is 2.83. The number of rotatable bonds is 3. The first-order valence-corrected chi connectivity index (χ1v) is 5.27. The summed E-state index contributed by atoms with van der Waals surface area (Å²) in [5.41, 5.74) is 1.40. The molecule has 0 bridgehead atoms. The Balaban J connectivity index is 2.23. The number of anilines is 2. The highest BCUT2D eigenvalue weighted by Crippen LogP contribution is 2.19. The summed E-state index contributed by atoms with van der Waals surface area (Å²) >= 11 is 0. The molecule has 0 saturated heterocycles. The van der Waals surface area contributed by atoms with Crippen LogP contribution in [0.2, 0.25) is 0 Å². The van der Waals surface area contributed by atoms with Crippen LogP contribution in [0.4, 0.5) is 24.7 Å². The van der Waals surface area contributed by atoms with Crippen molar-refractivity contribution in [2.45, 2.75) is 0 Å². The van der Waals surface area contributed by atoms with Crippen LogP contribution in [0.15, 0.2) is 24.3 Å². The van der Waals surface area contributed by atoms with Gasteiger partial charge in [-0.05, 0) is 12.1 Å². The molecule has 1 amide bonds. The number of nitrogen functional groups attached to an aromatic ring is 1. The molecule has 1 aromatic carbocycles. The van der Waals surface area contributed by atoms with E-state index in [1.807, 2.05) is 5.32 Å². The summed E-state index contributed by atoms with van der Waals surface area (Å²) in [7, 11) is 0. The Kier molecular flexibility index (Phi) is 3.80. The van der Waals surface area contributed by atoms with Crippen molar-refractivity contribution in [2.24, 2.45) is 5.84 Å². The zero-order chi connectivity index (χ0) is 14.7. The second-order valence-corrected chi connectivity index (χ2v) is 3.65. The number of halogens is 3. The lowest BCUT2D eigenvalue weighted by Crippen LogP contribution is -2.17. The molecule has 0 atom stereocenters. The summed E-state index contributed by atoms with van der Waals surface area (Å²) in [6, 6.07) is 3.63. The number of hydrogen-bond donors (Lipinski definition) is 3. The first kappa shape index (κ1) is 13.7. The topological polar surface area (TPSA) is 92.9 Å². The fourth-order valence-electron chi connectivity index (χ4n) is 1.36. The van der Waals surface area contributed by atoms with E-state index in [-0.39, 0.29) is 11.5 Å². The van der Waals surface area contributed by atoms with Gasteiger partial charge in [0.05, 0.1) is 5.69 Å². The van der Waals surface area contributed by atoms with Gasteiger partial charge in [-0.25, -0.2) is 19.0 Å². The van der Waals surface area contributed by atoms with Crippen molar-refractivity contribution in [2.75, 3.05) is 10.7 Å². The second kappa shape index (κ2) is 5.53. The van der Waals surface area contributed by atoms with Gasteiger partial charge in [0.2, 0.25) is 0 Å². The molecule has 104 valence electrons. The molecule has 2 aromatic rings. The number of nitrogens with one attached hydrogen (secondary N) is 2. The number of amides is 1. The molecular formula is C11H8F3N5O. The van der Waals surface area contributed by atoms with E-state index in [2.05, 4.69) is 15.6 Å². The van der Waals surface area contributed by atoms with Gasteiger partial charge in [-0.2, -0.15) is 0 Å². The van der Waals surface area contributed by atoms with Crippen molar-refractivity contribution in [1.29, 1.82) is 0 Å². The van der Waals surface area contributed by atoms with Crippen LogP contribution in [0.5, 0.6) is 0 Å². The van der Waals surface area contributed by atoms with Crippen LogP contribution in [0.3, 0.4) is 0 Å². The van der Waals surface area contributed by atoms with Gasteiger partial charge in [0.15, 0.2) is 23.1 Å². The molecule has 0 aliphatic carbocycles. The number of nitrogens with two attached hydrogens (primary N) is 1. The van der Waals surface area contributed by atoms with Gasteiger partial charge in [-0.1, -0.05) is 0 Å². The summed E-state index contributed by atoms with van der Waals surface area (Å²) < 4.78 is 39.3. The third-order valence-corrected chi connectivity index (χ3v) is 2.29. The molecule has 1 aromatic heterocycles. The molecule has 0 aliphatic rings. The second-order valence-electron chi connectivity index (χ2n) is 3.65. The first-order valence-electron chi connectivity index (χ1n) is 5.27. The number of carbonyl (C=O) groups excluding carboxylic acids is 1. The fourth-order valence-corrected chi connectivity index (χ4v) is 1.36. The molecular weight excluding hydrogens is 275 g/mol. The van der Waals surface area contributed by atoms with E-state index in [4.69, 9.17) is 5.84 Å². The predicted octanol–water partition coefficient (Wildman–Crippen LogP) is 1.43. The largest absolute Gasteiger partial charge is 0.318 e. The van der Waals surface area contributed by atoms with E-state index in [1.165, 1.54) is 12.1 Å². The van der Waals surface area contributed by atoms with E-state index in [9.17, 15) is 18.0 Å². The van der Waals surface area contributed by atoms with Crippen molar-refractivity contribution in [3.63, 3.8) is 0 Å². The highest BCUT2D eigenvalue weighted by molar-refractivity contribution is 6.02. The van der Waals surface area contributed by atoms with Crippen molar-refractivity contribution >= 4 is 17.4 Å². The number of aromatic nitrogens is 2. The summed E-state index contributed by atoms with van der Waals surface area (Å²) in [6.45, 7) is 0. The Morgan fingerprint density at radius 3 is 2.50 bits per heavy atom. The summed E-state index contributed by atoms with van der Waals surface area (Å²) in [4.78, 5) is 11.7. The van der Waals surface area contributed by atoms with Gasteiger partial charge in [0.1, 0.15) is 5.82 Å². The number of carbonyl (C=O) groups is 1. The first-order chi connectivity index (χ1) is 9.51. The lowest BCUT2D eigenvalue weighted by molar-refractivity contribution is 0.102. The zero-order valence-corrected chi connectivity index (χ0v) is 9.82. The van der Waals surface area contributed by atoms with Crippen LogP contribution in [-0.4, -0.2) is 16.1 Å². The Bertz CT molecular complexity index is 647. The molecule has 0 fully saturated rings. The van der Waals surface area contributed by atoms with Crippen molar-refractivity contribution in [3.05, 3.63) is 47.4 Å². The molecule has 20 heavy (non-hydrogen) atoms. The van der Waals surface area contributed by atoms with Crippen molar-refractivity contribution < 1.29 is 18.0 Å². The molecule has 0 unspecified atom stereocenters. The molecule has 0 saturated carbocycles. The summed E-state index contributed by atoms with van der Waals surface area (Å²) in [6.07, 6.45) is 0. The van der Waals surface area contributed by atoms with Crippen molar-refractivity contribution in [1.82, 2.24) is 10.2 Å². The van der Waals surface area contributed by atoms with E-state index in [0.717, 1.165) is 0 Å². The van der Waals surface area contributed by atoms with Gasteiger partial charge in [0.25, 0.3) is 5.91 Å². The minimum atomic E-state index is -1.41. The van der Waals surface area contributed by atoms with Crippen LogP contribution in [0, 0.1) is 17.5 Å². The van der Waals surface area contributed by atoms with Crippen molar-refractivity contribution in [3.8, 4) is 0 Å². The molecule has 4 N–H and O–H groups in total. The lowest BCUT2D eigenvalue weighted by Gasteiger charge is -2.06. The SMILES string of the molecule is NNc1ccc(C(=O)Nc2cc(F)cc(F)c2F)nn1. The van der Waals surface area contributed by atoms with E-state index < -0.39 is 29.0 Å². The predicted molar refractivity (Wildman–Crippen MR) is 64.1 cm³/mol. The van der Waals surface area contributed by atoms with Gasteiger partial charge < -0.3 is 10.7 Å². The molecule has 9 heteroatoms. The van der Waals surface area contributed by atoms with Gasteiger partial charge in [-0.15, -0.1) is 10.2 Å². The number of hydrazine groups is 1. The minimum Gasteiger partial charge on any atom is -0.318 e. The molecule has 0 aliphatic heterocycles. The zero-order valence-electron chi connectivity index (χ0n) is 9.82. The van der Waals surface area contributed by atoms with Crippen LogP contribution in [0.25, 0.3) is 0 Å². The summed E-state index contributed by atoms with van der Waals surface area (Å²) in [5.74, 6) is 0.613. The van der Waals surface area contributed by atoms with Crippen LogP contribution in [0.1, 0.15) is 10.5 Å². The Hall–Kier alpha value is -2.68. The Morgan fingerprint density at radius 1 is 1.15 bits per heavy atom.